The van der Waals surface area contributed by atoms with Gasteiger partial charge < -0.3 is 15.7 Å². The number of carboxylic acid groups (broad SMARTS) is 1. The number of carboxylic acids is 1. The molecule has 0 fully saturated rings. The van der Waals surface area contributed by atoms with Gasteiger partial charge in [-0.15, -0.1) is 11.3 Å². The lowest BCUT2D eigenvalue weighted by Crippen LogP contribution is -2.15. The summed E-state index contributed by atoms with van der Waals surface area (Å²) in [5.74, 6) is -0.265. The standard InChI is InChI=1S/C19H16N6O2S/c1-11-22-15-8-12(5-6-16(15)28-11)23-17-9-14(13-4-2-3-7-20-13)24-19(25-17)21-10-18(26)27/h2-9H,10H2,1H3,(H,26,27)(H2,21,23,24,25). The predicted molar refractivity (Wildman–Crippen MR) is 109 cm³/mol. The number of fused-ring (bicyclic) bond motifs is 1. The van der Waals surface area contributed by atoms with E-state index < -0.39 is 5.97 Å². The number of benzene rings is 1. The average Bonchev–Trinajstić information content (AvgIpc) is 3.06. The number of hydrogen-bond acceptors (Lipinski definition) is 8. The van der Waals surface area contributed by atoms with Gasteiger partial charge in [0.1, 0.15) is 12.4 Å². The molecule has 0 spiro atoms. The van der Waals surface area contributed by atoms with Gasteiger partial charge in [0.15, 0.2) is 0 Å². The zero-order valence-corrected chi connectivity index (χ0v) is 15.7. The van der Waals surface area contributed by atoms with Crippen molar-refractivity contribution in [1.82, 2.24) is 19.9 Å². The molecule has 0 bridgehead atoms. The van der Waals surface area contributed by atoms with Gasteiger partial charge in [0.2, 0.25) is 5.95 Å². The number of pyridine rings is 1. The van der Waals surface area contributed by atoms with Gasteiger partial charge in [-0.25, -0.2) is 9.97 Å². The average molecular weight is 392 g/mol. The summed E-state index contributed by atoms with van der Waals surface area (Å²) >= 11 is 1.64. The van der Waals surface area contributed by atoms with Crippen molar-refractivity contribution in [3.63, 3.8) is 0 Å². The maximum absolute atomic E-state index is 10.9. The lowest BCUT2D eigenvalue weighted by Gasteiger charge is -2.10. The van der Waals surface area contributed by atoms with E-state index in [0.29, 0.717) is 17.2 Å². The van der Waals surface area contributed by atoms with Gasteiger partial charge in [-0.2, -0.15) is 4.98 Å². The summed E-state index contributed by atoms with van der Waals surface area (Å²) in [6.07, 6.45) is 1.67. The molecule has 3 heterocycles. The van der Waals surface area contributed by atoms with Gasteiger partial charge in [0.05, 0.1) is 26.6 Å². The van der Waals surface area contributed by atoms with E-state index in [1.807, 2.05) is 43.3 Å². The highest BCUT2D eigenvalue weighted by Crippen LogP contribution is 2.27. The molecule has 0 saturated heterocycles. The number of carbonyl (C=O) groups is 1. The number of aromatic nitrogens is 4. The van der Waals surface area contributed by atoms with Crippen molar-refractivity contribution in [2.75, 3.05) is 17.2 Å². The van der Waals surface area contributed by atoms with Crippen LogP contribution in [0.4, 0.5) is 17.5 Å². The second kappa shape index (κ2) is 7.57. The second-order valence-electron chi connectivity index (χ2n) is 5.96. The van der Waals surface area contributed by atoms with Crippen LogP contribution in [0, 0.1) is 6.92 Å². The van der Waals surface area contributed by atoms with Crippen LogP contribution in [-0.2, 0) is 4.79 Å². The number of nitrogens with one attached hydrogen (secondary N) is 2. The van der Waals surface area contributed by atoms with Gasteiger partial charge in [-0.3, -0.25) is 9.78 Å². The van der Waals surface area contributed by atoms with Crippen LogP contribution in [0.3, 0.4) is 0 Å². The Balaban J connectivity index is 1.69. The Morgan fingerprint density at radius 2 is 2.00 bits per heavy atom. The van der Waals surface area contributed by atoms with Gasteiger partial charge in [-0.1, -0.05) is 6.07 Å². The highest BCUT2D eigenvalue weighted by atomic mass is 32.1. The number of nitrogens with zero attached hydrogens (tertiary/aromatic N) is 4. The lowest BCUT2D eigenvalue weighted by atomic mass is 10.2. The molecule has 0 unspecified atom stereocenters. The van der Waals surface area contributed by atoms with Crippen LogP contribution in [0.1, 0.15) is 5.01 Å². The second-order valence-corrected chi connectivity index (χ2v) is 7.20. The van der Waals surface area contributed by atoms with Crippen LogP contribution in [0.15, 0.2) is 48.7 Å². The van der Waals surface area contributed by atoms with Crippen molar-refractivity contribution < 1.29 is 9.90 Å². The number of aliphatic carboxylic acids is 1. The summed E-state index contributed by atoms with van der Waals surface area (Å²) < 4.78 is 1.11. The molecule has 0 aliphatic rings. The van der Waals surface area contributed by atoms with Gasteiger partial charge >= 0.3 is 5.97 Å². The van der Waals surface area contributed by atoms with Crippen LogP contribution in [0.25, 0.3) is 21.6 Å². The molecule has 4 rings (SSSR count). The maximum atomic E-state index is 10.9. The van der Waals surface area contributed by atoms with Gasteiger partial charge in [0, 0.05) is 18.0 Å². The number of thiazole rings is 1. The monoisotopic (exact) mass is 392 g/mol. The molecule has 4 aromatic rings. The van der Waals surface area contributed by atoms with E-state index in [2.05, 4.69) is 30.6 Å². The predicted octanol–water partition coefficient (Wildman–Crippen LogP) is 3.70. The molecule has 140 valence electrons. The van der Waals surface area contributed by atoms with E-state index in [1.165, 1.54) is 0 Å². The zero-order chi connectivity index (χ0) is 19.5. The minimum absolute atomic E-state index is 0.207. The fourth-order valence-corrected chi connectivity index (χ4v) is 3.47. The zero-order valence-electron chi connectivity index (χ0n) is 14.9. The molecule has 0 saturated carbocycles. The molecule has 0 radical (unpaired) electrons. The van der Waals surface area contributed by atoms with E-state index in [4.69, 9.17) is 5.11 Å². The fourth-order valence-electron chi connectivity index (χ4n) is 2.66. The van der Waals surface area contributed by atoms with E-state index in [9.17, 15) is 4.79 Å². The lowest BCUT2D eigenvalue weighted by molar-refractivity contribution is -0.134. The quantitative estimate of drug-likeness (QED) is 0.455. The first-order valence-corrected chi connectivity index (χ1v) is 9.29. The van der Waals surface area contributed by atoms with Gasteiger partial charge in [0.25, 0.3) is 0 Å². The Hall–Kier alpha value is -3.59. The number of hydrogen-bond donors (Lipinski definition) is 3. The SMILES string of the molecule is Cc1nc2cc(Nc3cc(-c4ccccn4)nc(NCC(=O)O)n3)ccc2s1. The Morgan fingerprint density at radius 3 is 2.79 bits per heavy atom. The first kappa shape index (κ1) is 17.8. The van der Waals surface area contributed by atoms with Crippen molar-refractivity contribution >= 4 is 45.0 Å². The molecular weight excluding hydrogens is 376 g/mol. The Morgan fingerprint density at radius 1 is 1.11 bits per heavy atom. The number of rotatable bonds is 6. The van der Waals surface area contributed by atoms with E-state index in [-0.39, 0.29) is 12.5 Å². The van der Waals surface area contributed by atoms with Crippen molar-refractivity contribution in [3.05, 3.63) is 53.7 Å². The van der Waals surface area contributed by atoms with Crippen LogP contribution in [0.5, 0.6) is 0 Å². The van der Waals surface area contributed by atoms with Crippen LogP contribution in [0.2, 0.25) is 0 Å². The highest BCUT2D eigenvalue weighted by Gasteiger charge is 2.10. The molecule has 0 aliphatic carbocycles. The number of aryl methyl sites for hydroxylation is 1. The summed E-state index contributed by atoms with van der Waals surface area (Å²) in [6.45, 7) is 1.69. The topological polar surface area (TPSA) is 113 Å². The molecule has 0 atom stereocenters. The van der Waals surface area contributed by atoms with E-state index in [1.54, 1.807) is 23.6 Å². The smallest absolute Gasteiger partial charge is 0.322 e. The number of anilines is 3. The molecule has 9 heteroatoms. The third-order valence-electron chi connectivity index (χ3n) is 3.82. The summed E-state index contributed by atoms with van der Waals surface area (Å²) in [5.41, 5.74) is 2.98. The minimum atomic E-state index is -0.995. The Labute approximate surface area is 164 Å². The molecule has 28 heavy (non-hydrogen) atoms. The first-order valence-electron chi connectivity index (χ1n) is 8.47. The van der Waals surface area contributed by atoms with Crippen molar-refractivity contribution in [2.45, 2.75) is 6.92 Å². The molecule has 1 aromatic carbocycles. The molecule has 3 aromatic heterocycles. The largest absolute Gasteiger partial charge is 0.480 e. The summed E-state index contributed by atoms with van der Waals surface area (Å²) in [6, 6.07) is 13.2. The Kier molecular flexibility index (Phi) is 4.81. The van der Waals surface area contributed by atoms with Crippen LogP contribution < -0.4 is 10.6 Å². The molecule has 3 N–H and O–H groups in total. The Bertz CT molecular complexity index is 1150. The molecule has 0 aliphatic heterocycles. The third kappa shape index (κ3) is 4.04. The van der Waals surface area contributed by atoms with E-state index >= 15 is 0 Å². The summed E-state index contributed by atoms with van der Waals surface area (Å²) in [7, 11) is 0. The first-order chi connectivity index (χ1) is 13.6. The van der Waals surface area contributed by atoms with Crippen molar-refractivity contribution in [1.29, 1.82) is 0 Å². The molecule has 0 amide bonds. The third-order valence-corrected chi connectivity index (χ3v) is 4.77. The van der Waals surface area contributed by atoms with Gasteiger partial charge in [-0.05, 0) is 37.3 Å². The maximum Gasteiger partial charge on any atom is 0.322 e. The fraction of sp³-hybridized carbons (Fsp3) is 0.105. The molecule has 8 nitrogen and oxygen atoms in total. The molecular formula is C19H16N6O2S. The van der Waals surface area contributed by atoms with E-state index in [0.717, 1.165) is 20.9 Å². The highest BCUT2D eigenvalue weighted by molar-refractivity contribution is 7.18. The normalized spacial score (nSPS) is 10.8. The minimum Gasteiger partial charge on any atom is -0.480 e. The summed E-state index contributed by atoms with van der Waals surface area (Å²) in [5, 5.41) is 15.9. The van der Waals surface area contributed by atoms with Crippen molar-refractivity contribution in [3.8, 4) is 11.4 Å². The van der Waals surface area contributed by atoms with Crippen molar-refractivity contribution in [2.24, 2.45) is 0 Å². The summed E-state index contributed by atoms with van der Waals surface area (Å²) in [4.78, 5) is 28.4. The van der Waals surface area contributed by atoms with Crippen LogP contribution >= 0.6 is 11.3 Å². The van der Waals surface area contributed by atoms with Crippen LogP contribution in [-0.4, -0.2) is 37.6 Å².